The standard InChI is InChI=1S/C16H17FN2O/c1-10-3-4-12(16(18)19)8-15(10)20-9-13-5-6-14(17)7-11(13)2/h3-8H,9H2,1-2H3,(H3,18,19). The van der Waals surface area contributed by atoms with Gasteiger partial charge >= 0.3 is 0 Å². The maximum atomic E-state index is 13.0. The summed E-state index contributed by atoms with van der Waals surface area (Å²) in [4.78, 5) is 0. The molecule has 0 aliphatic heterocycles. The average Bonchev–Trinajstić information content (AvgIpc) is 2.39. The van der Waals surface area contributed by atoms with Gasteiger partial charge in [-0.2, -0.15) is 0 Å². The SMILES string of the molecule is Cc1cc(F)ccc1COc1cc(C(=N)N)ccc1C. The van der Waals surface area contributed by atoms with Crippen LogP contribution in [0.25, 0.3) is 0 Å². The molecule has 3 N–H and O–H groups in total. The van der Waals surface area contributed by atoms with Crippen molar-refractivity contribution in [2.75, 3.05) is 0 Å². The number of ether oxygens (including phenoxy) is 1. The summed E-state index contributed by atoms with van der Waals surface area (Å²) < 4.78 is 18.8. The molecule has 0 aliphatic carbocycles. The molecule has 0 spiro atoms. The molecule has 0 radical (unpaired) electrons. The van der Waals surface area contributed by atoms with E-state index in [4.69, 9.17) is 15.9 Å². The third kappa shape index (κ3) is 3.15. The largest absolute Gasteiger partial charge is 0.489 e. The Bertz CT molecular complexity index is 653. The van der Waals surface area contributed by atoms with Gasteiger partial charge in [0.25, 0.3) is 0 Å². The van der Waals surface area contributed by atoms with E-state index >= 15 is 0 Å². The van der Waals surface area contributed by atoms with Gasteiger partial charge < -0.3 is 10.5 Å². The van der Waals surface area contributed by atoms with Crippen molar-refractivity contribution in [2.24, 2.45) is 5.73 Å². The average molecular weight is 272 g/mol. The highest BCUT2D eigenvalue weighted by molar-refractivity contribution is 5.95. The van der Waals surface area contributed by atoms with Crippen LogP contribution in [0.4, 0.5) is 4.39 Å². The molecular formula is C16H17FN2O. The smallest absolute Gasteiger partial charge is 0.123 e. The summed E-state index contributed by atoms with van der Waals surface area (Å²) in [5, 5.41) is 7.44. The number of hydrogen-bond acceptors (Lipinski definition) is 2. The van der Waals surface area contributed by atoms with Crippen molar-refractivity contribution in [1.29, 1.82) is 5.41 Å². The van der Waals surface area contributed by atoms with Crippen LogP contribution in [0.1, 0.15) is 22.3 Å². The van der Waals surface area contributed by atoms with Crippen molar-refractivity contribution in [3.63, 3.8) is 0 Å². The molecule has 0 unspecified atom stereocenters. The van der Waals surface area contributed by atoms with Crippen molar-refractivity contribution in [3.8, 4) is 5.75 Å². The molecule has 2 rings (SSSR count). The Kier molecular flexibility index (Phi) is 4.03. The predicted molar refractivity (Wildman–Crippen MR) is 77.7 cm³/mol. The minimum Gasteiger partial charge on any atom is -0.489 e. The first-order chi connectivity index (χ1) is 9.47. The van der Waals surface area contributed by atoms with Gasteiger partial charge in [-0.15, -0.1) is 0 Å². The summed E-state index contributed by atoms with van der Waals surface area (Å²) in [6, 6.07) is 10.0. The van der Waals surface area contributed by atoms with Crippen LogP contribution in [0.2, 0.25) is 0 Å². The molecule has 0 saturated carbocycles. The number of rotatable bonds is 4. The van der Waals surface area contributed by atoms with Gasteiger partial charge in [0.2, 0.25) is 0 Å². The minimum absolute atomic E-state index is 0.00723. The van der Waals surface area contributed by atoms with Gasteiger partial charge in [0, 0.05) is 5.56 Å². The Labute approximate surface area is 117 Å². The highest BCUT2D eigenvalue weighted by atomic mass is 19.1. The summed E-state index contributed by atoms with van der Waals surface area (Å²) in [5.41, 5.74) is 8.84. The van der Waals surface area contributed by atoms with Crippen LogP contribution in [0, 0.1) is 25.1 Å². The molecule has 0 heterocycles. The first-order valence-electron chi connectivity index (χ1n) is 6.30. The van der Waals surface area contributed by atoms with Gasteiger partial charge in [-0.1, -0.05) is 18.2 Å². The van der Waals surface area contributed by atoms with E-state index in [-0.39, 0.29) is 11.7 Å². The molecule has 2 aromatic carbocycles. The maximum absolute atomic E-state index is 13.0. The Morgan fingerprint density at radius 3 is 2.55 bits per heavy atom. The highest BCUT2D eigenvalue weighted by Gasteiger charge is 2.06. The molecular weight excluding hydrogens is 255 g/mol. The molecule has 0 aromatic heterocycles. The lowest BCUT2D eigenvalue weighted by Crippen LogP contribution is -2.11. The fourth-order valence-corrected chi connectivity index (χ4v) is 1.90. The Hall–Kier alpha value is -2.36. The topological polar surface area (TPSA) is 59.1 Å². The fraction of sp³-hybridized carbons (Fsp3) is 0.188. The zero-order valence-corrected chi connectivity index (χ0v) is 11.5. The molecule has 0 bridgehead atoms. The van der Waals surface area contributed by atoms with E-state index in [0.717, 1.165) is 16.7 Å². The summed E-state index contributed by atoms with van der Waals surface area (Å²) in [5.74, 6) is 0.440. The number of hydrogen-bond donors (Lipinski definition) is 2. The minimum atomic E-state index is -0.249. The molecule has 0 aliphatic rings. The summed E-state index contributed by atoms with van der Waals surface area (Å²) in [6.45, 7) is 4.13. The zero-order chi connectivity index (χ0) is 14.7. The Morgan fingerprint density at radius 1 is 1.15 bits per heavy atom. The molecule has 0 amide bonds. The number of aryl methyl sites for hydroxylation is 2. The van der Waals surface area contributed by atoms with Crippen LogP contribution < -0.4 is 10.5 Å². The van der Waals surface area contributed by atoms with Crippen molar-refractivity contribution >= 4 is 5.84 Å². The second-order valence-electron chi connectivity index (χ2n) is 4.75. The van der Waals surface area contributed by atoms with Gasteiger partial charge in [-0.05, 0) is 48.7 Å². The lowest BCUT2D eigenvalue weighted by atomic mass is 10.1. The first kappa shape index (κ1) is 14.1. The molecule has 0 saturated heterocycles. The third-order valence-corrected chi connectivity index (χ3v) is 3.19. The highest BCUT2D eigenvalue weighted by Crippen LogP contribution is 2.21. The van der Waals surface area contributed by atoms with Gasteiger partial charge in [-0.25, -0.2) is 4.39 Å². The first-order valence-corrected chi connectivity index (χ1v) is 6.30. The molecule has 104 valence electrons. The number of nitrogens with one attached hydrogen (secondary N) is 1. The molecule has 0 fully saturated rings. The molecule has 4 heteroatoms. The maximum Gasteiger partial charge on any atom is 0.123 e. The van der Waals surface area contributed by atoms with Crippen LogP contribution in [0.3, 0.4) is 0 Å². The number of nitrogens with two attached hydrogens (primary N) is 1. The van der Waals surface area contributed by atoms with Crippen molar-refractivity contribution in [3.05, 3.63) is 64.5 Å². The van der Waals surface area contributed by atoms with Crippen LogP contribution in [-0.4, -0.2) is 5.84 Å². The van der Waals surface area contributed by atoms with Gasteiger partial charge in [0.05, 0.1) is 0 Å². The number of halogens is 1. The number of amidine groups is 1. The molecule has 3 nitrogen and oxygen atoms in total. The quantitative estimate of drug-likeness (QED) is 0.662. The lowest BCUT2D eigenvalue weighted by Gasteiger charge is -2.12. The second kappa shape index (κ2) is 5.74. The van der Waals surface area contributed by atoms with Gasteiger partial charge in [0.1, 0.15) is 24.0 Å². The van der Waals surface area contributed by atoms with E-state index in [0.29, 0.717) is 17.9 Å². The van der Waals surface area contributed by atoms with Crippen LogP contribution in [0.5, 0.6) is 5.75 Å². The molecule has 0 atom stereocenters. The van der Waals surface area contributed by atoms with Crippen molar-refractivity contribution < 1.29 is 9.13 Å². The molecule has 20 heavy (non-hydrogen) atoms. The number of nitrogen functional groups attached to an aromatic ring is 1. The third-order valence-electron chi connectivity index (χ3n) is 3.19. The fourth-order valence-electron chi connectivity index (χ4n) is 1.90. The van der Waals surface area contributed by atoms with E-state index < -0.39 is 0 Å². The zero-order valence-electron chi connectivity index (χ0n) is 11.5. The Morgan fingerprint density at radius 2 is 1.90 bits per heavy atom. The summed E-state index contributed by atoms with van der Waals surface area (Å²) in [7, 11) is 0. The molecule has 2 aromatic rings. The van der Waals surface area contributed by atoms with E-state index in [2.05, 4.69) is 0 Å². The van der Waals surface area contributed by atoms with E-state index in [9.17, 15) is 4.39 Å². The second-order valence-corrected chi connectivity index (χ2v) is 4.75. The van der Waals surface area contributed by atoms with Crippen molar-refractivity contribution in [1.82, 2.24) is 0 Å². The summed E-state index contributed by atoms with van der Waals surface area (Å²) >= 11 is 0. The predicted octanol–water partition coefficient (Wildman–Crippen LogP) is 3.31. The lowest BCUT2D eigenvalue weighted by molar-refractivity contribution is 0.303. The van der Waals surface area contributed by atoms with Crippen molar-refractivity contribution in [2.45, 2.75) is 20.5 Å². The normalized spacial score (nSPS) is 10.3. The van der Waals surface area contributed by atoms with Gasteiger partial charge in [-0.3, -0.25) is 5.41 Å². The van der Waals surface area contributed by atoms with Crippen LogP contribution >= 0.6 is 0 Å². The van der Waals surface area contributed by atoms with Crippen LogP contribution in [-0.2, 0) is 6.61 Å². The van der Waals surface area contributed by atoms with E-state index in [1.807, 2.05) is 19.9 Å². The van der Waals surface area contributed by atoms with Gasteiger partial charge in [0.15, 0.2) is 0 Å². The van der Waals surface area contributed by atoms with E-state index in [1.54, 1.807) is 18.2 Å². The summed E-state index contributed by atoms with van der Waals surface area (Å²) in [6.07, 6.45) is 0. The Balaban J connectivity index is 2.18. The van der Waals surface area contributed by atoms with Crippen LogP contribution in [0.15, 0.2) is 36.4 Å². The monoisotopic (exact) mass is 272 g/mol. The number of benzene rings is 2. The van der Waals surface area contributed by atoms with E-state index in [1.165, 1.54) is 12.1 Å².